The van der Waals surface area contributed by atoms with Crippen molar-refractivity contribution < 1.29 is 9.90 Å². The number of anilines is 2. The van der Waals surface area contributed by atoms with Crippen molar-refractivity contribution in [2.45, 2.75) is 6.54 Å². The van der Waals surface area contributed by atoms with Crippen LogP contribution in [0.3, 0.4) is 0 Å². The Bertz CT molecular complexity index is 944. The second kappa shape index (κ2) is 7.04. The Morgan fingerprint density at radius 3 is 2.68 bits per heavy atom. The number of carboxylic acids is 1. The Morgan fingerprint density at radius 1 is 1.20 bits per heavy atom. The lowest BCUT2D eigenvalue weighted by Crippen LogP contribution is -2.14. The zero-order valence-corrected chi connectivity index (χ0v) is 14.6. The molecule has 0 saturated heterocycles. The number of aromatic carboxylic acids is 1. The van der Waals surface area contributed by atoms with Crippen molar-refractivity contribution in [2.75, 3.05) is 19.4 Å². The molecular weight excluding hydrogens is 340 g/mol. The van der Waals surface area contributed by atoms with Gasteiger partial charge in [-0.3, -0.25) is 0 Å². The molecule has 1 heterocycles. The minimum Gasteiger partial charge on any atom is -0.478 e. The Kier molecular flexibility index (Phi) is 4.83. The van der Waals surface area contributed by atoms with Crippen LogP contribution in [0.15, 0.2) is 42.5 Å². The molecule has 25 heavy (non-hydrogen) atoms. The third-order valence-corrected chi connectivity index (χ3v) is 3.90. The molecule has 6 nitrogen and oxygen atoms in total. The van der Waals surface area contributed by atoms with Crippen LogP contribution in [0.25, 0.3) is 10.9 Å². The zero-order valence-electron chi connectivity index (χ0n) is 13.8. The van der Waals surface area contributed by atoms with Crippen molar-refractivity contribution in [3.63, 3.8) is 0 Å². The van der Waals surface area contributed by atoms with Crippen LogP contribution in [0.1, 0.15) is 16.2 Å². The Morgan fingerprint density at radius 2 is 1.96 bits per heavy atom. The van der Waals surface area contributed by atoms with Gasteiger partial charge in [0.1, 0.15) is 11.6 Å². The van der Waals surface area contributed by atoms with Gasteiger partial charge in [-0.05, 0) is 44.4 Å². The van der Waals surface area contributed by atoms with Gasteiger partial charge in [0.15, 0.2) is 0 Å². The molecule has 2 N–H and O–H groups in total. The summed E-state index contributed by atoms with van der Waals surface area (Å²) in [6.07, 6.45) is 0. The molecule has 7 heteroatoms. The number of halogens is 1. The normalized spacial score (nSPS) is 11.0. The third kappa shape index (κ3) is 3.87. The number of fused-ring (bicyclic) bond motifs is 1. The molecule has 0 aliphatic rings. The largest absolute Gasteiger partial charge is 0.478 e. The number of carboxylic acid groups (broad SMARTS) is 1. The summed E-state index contributed by atoms with van der Waals surface area (Å²) in [5, 5.41) is 13.6. The van der Waals surface area contributed by atoms with Gasteiger partial charge in [-0.2, -0.15) is 0 Å². The van der Waals surface area contributed by atoms with Crippen molar-refractivity contribution in [2.24, 2.45) is 0 Å². The summed E-state index contributed by atoms with van der Waals surface area (Å²) in [7, 11) is 3.89. The second-order valence-electron chi connectivity index (χ2n) is 5.87. The number of carbonyl (C=O) groups is 1. The van der Waals surface area contributed by atoms with Gasteiger partial charge in [-0.25, -0.2) is 14.8 Å². The van der Waals surface area contributed by atoms with E-state index in [9.17, 15) is 9.90 Å². The first kappa shape index (κ1) is 17.1. The van der Waals surface area contributed by atoms with E-state index in [2.05, 4.69) is 15.3 Å². The van der Waals surface area contributed by atoms with Crippen LogP contribution < -0.4 is 5.32 Å². The van der Waals surface area contributed by atoms with Crippen LogP contribution >= 0.6 is 11.6 Å². The van der Waals surface area contributed by atoms with Gasteiger partial charge in [0, 0.05) is 5.39 Å². The highest BCUT2D eigenvalue weighted by Crippen LogP contribution is 2.29. The molecule has 0 spiro atoms. The highest BCUT2D eigenvalue weighted by atomic mass is 35.5. The van der Waals surface area contributed by atoms with Gasteiger partial charge >= 0.3 is 5.97 Å². The molecule has 2 aromatic carbocycles. The molecular formula is C18H17ClN4O2. The predicted molar refractivity (Wildman–Crippen MR) is 98.6 cm³/mol. The molecule has 0 aliphatic carbocycles. The Hall–Kier alpha value is -2.70. The summed E-state index contributed by atoms with van der Waals surface area (Å²) < 4.78 is 0. The number of aromatic nitrogens is 2. The molecule has 0 saturated carbocycles. The van der Waals surface area contributed by atoms with E-state index in [4.69, 9.17) is 11.6 Å². The summed E-state index contributed by atoms with van der Waals surface area (Å²) in [5.41, 5.74) is 1.45. The number of hydrogen-bond donors (Lipinski definition) is 2. The average molecular weight is 357 g/mol. The monoisotopic (exact) mass is 356 g/mol. The van der Waals surface area contributed by atoms with Gasteiger partial charge in [0.2, 0.25) is 0 Å². The maximum absolute atomic E-state index is 11.2. The standard InChI is InChI=1S/C18H17ClN4O2/c1-23(2)10-16-20-14-6-4-3-5-12(14)17(22-16)21-15-9-11(18(24)25)7-8-13(15)19/h3-9H,10H2,1-2H3,(H,24,25)(H,20,21,22). The Balaban J connectivity index is 2.09. The minimum atomic E-state index is -1.01. The van der Waals surface area contributed by atoms with Crippen LogP contribution in [-0.4, -0.2) is 40.0 Å². The van der Waals surface area contributed by atoms with Crippen LogP contribution in [0, 0.1) is 0 Å². The summed E-state index contributed by atoms with van der Waals surface area (Å²) in [4.78, 5) is 22.3. The van der Waals surface area contributed by atoms with Crippen LogP contribution in [0.5, 0.6) is 0 Å². The van der Waals surface area contributed by atoms with Crippen LogP contribution in [0.2, 0.25) is 5.02 Å². The van der Waals surface area contributed by atoms with Crippen LogP contribution in [-0.2, 0) is 6.54 Å². The van der Waals surface area contributed by atoms with E-state index in [0.717, 1.165) is 10.9 Å². The lowest BCUT2D eigenvalue weighted by molar-refractivity contribution is 0.0697. The molecule has 128 valence electrons. The molecule has 3 aromatic rings. The molecule has 0 radical (unpaired) electrons. The molecule has 3 rings (SSSR count). The second-order valence-corrected chi connectivity index (χ2v) is 6.28. The van der Waals surface area contributed by atoms with Crippen molar-refractivity contribution in [1.82, 2.24) is 14.9 Å². The van der Waals surface area contributed by atoms with E-state index in [-0.39, 0.29) is 5.56 Å². The first-order chi connectivity index (χ1) is 11.9. The van der Waals surface area contributed by atoms with Gasteiger partial charge < -0.3 is 15.3 Å². The minimum absolute atomic E-state index is 0.152. The number of nitrogens with one attached hydrogen (secondary N) is 1. The number of rotatable bonds is 5. The Labute approximate surface area is 150 Å². The van der Waals surface area contributed by atoms with E-state index >= 15 is 0 Å². The summed E-state index contributed by atoms with van der Waals surface area (Å²) >= 11 is 6.22. The van der Waals surface area contributed by atoms with Crippen molar-refractivity contribution in [3.8, 4) is 0 Å². The van der Waals surface area contributed by atoms with Crippen molar-refractivity contribution >= 4 is 40.0 Å². The van der Waals surface area contributed by atoms with E-state index in [1.54, 1.807) is 6.07 Å². The molecule has 0 atom stereocenters. The topological polar surface area (TPSA) is 78.4 Å². The first-order valence-corrected chi connectivity index (χ1v) is 8.02. The SMILES string of the molecule is CN(C)Cc1nc(Nc2cc(C(=O)O)ccc2Cl)c2ccccc2n1. The van der Waals surface area contributed by atoms with E-state index in [0.29, 0.717) is 28.9 Å². The molecule has 0 amide bonds. The zero-order chi connectivity index (χ0) is 18.0. The first-order valence-electron chi connectivity index (χ1n) is 7.64. The number of hydrogen-bond acceptors (Lipinski definition) is 5. The smallest absolute Gasteiger partial charge is 0.335 e. The lowest BCUT2D eigenvalue weighted by atomic mass is 10.2. The number of nitrogens with zero attached hydrogens (tertiary/aromatic N) is 3. The fourth-order valence-electron chi connectivity index (χ4n) is 2.46. The quantitative estimate of drug-likeness (QED) is 0.724. The van der Waals surface area contributed by atoms with Gasteiger partial charge in [-0.1, -0.05) is 23.7 Å². The molecule has 0 unspecified atom stereocenters. The van der Waals surface area contributed by atoms with Crippen LogP contribution in [0.4, 0.5) is 11.5 Å². The fraction of sp³-hybridized carbons (Fsp3) is 0.167. The highest BCUT2D eigenvalue weighted by Gasteiger charge is 2.12. The maximum Gasteiger partial charge on any atom is 0.335 e. The number of benzene rings is 2. The van der Waals surface area contributed by atoms with E-state index in [1.165, 1.54) is 12.1 Å². The lowest BCUT2D eigenvalue weighted by Gasteiger charge is -2.14. The van der Waals surface area contributed by atoms with Gasteiger partial charge in [0.05, 0.1) is 28.3 Å². The van der Waals surface area contributed by atoms with E-state index in [1.807, 2.05) is 43.3 Å². The average Bonchev–Trinajstić information content (AvgIpc) is 2.56. The molecule has 0 bridgehead atoms. The summed E-state index contributed by atoms with van der Waals surface area (Å²) in [6, 6.07) is 12.1. The number of para-hydroxylation sites is 1. The maximum atomic E-state index is 11.2. The summed E-state index contributed by atoms with van der Waals surface area (Å²) in [5.74, 6) is 0.240. The van der Waals surface area contributed by atoms with Crippen molar-refractivity contribution in [3.05, 3.63) is 58.9 Å². The third-order valence-electron chi connectivity index (χ3n) is 3.57. The summed E-state index contributed by atoms with van der Waals surface area (Å²) in [6.45, 7) is 0.586. The molecule has 0 aliphatic heterocycles. The molecule has 0 fully saturated rings. The van der Waals surface area contributed by atoms with Crippen molar-refractivity contribution in [1.29, 1.82) is 0 Å². The molecule has 1 aromatic heterocycles. The highest BCUT2D eigenvalue weighted by molar-refractivity contribution is 6.33. The van der Waals surface area contributed by atoms with E-state index < -0.39 is 5.97 Å². The fourth-order valence-corrected chi connectivity index (χ4v) is 2.62. The predicted octanol–water partition coefficient (Wildman–Crippen LogP) is 3.79. The van der Waals surface area contributed by atoms with Gasteiger partial charge in [0.25, 0.3) is 0 Å². The van der Waals surface area contributed by atoms with Gasteiger partial charge in [-0.15, -0.1) is 0 Å².